The van der Waals surface area contributed by atoms with Crippen LogP contribution in [0, 0.1) is 5.82 Å². The molecule has 160 valence electrons. The molecule has 1 saturated heterocycles. The summed E-state index contributed by atoms with van der Waals surface area (Å²) in [5.41, 5.74) is 13.6. The van der Waals surface area contributed by atoms with Gasteiger partial charge in [0.25, 0.3) is 0 Å². The van der Waals surface area contributed by atoms with Crippen LogP contribution in [0.3, 0.4) is 0 Å². The van der Waals surface area contributed by atoms with Gasteiger partial charge in [0.2, 0.25) is 5.95 Å². The summed E-state index contributed by atoms with van der Waals surface area (Å²) in [6, 6.07) is 9.35. The number of halogens is 3. The summed E-state index contributed by atoms with van der Waals surface area (Å²) >= 11 is 0. The molecule has 1 saturated carbocycles. The van der Waals surface area contributed by atoms with E-state index in [9.17, 15) is 4.39 Å². The highest BCUT2D eigenvalue weighted by atomic mass is 35.5. The molecular formula is C20H29Cl2FN6. The van der Waals surface area contributed by atoms with Crippen LogP contribution in [0.25, 0.3) is 0 Å². The number of rotatable bonds is 4. The lowest BCUT2D eigenvalue weighted by molar-refractivity contribution is 0.281. The lowest BCUT2D eigenvalue weighted by Crippen LogP contribution is -2.35. The van der Waals surface area contributed by atoms with E-state index in [-0.39, 0.29) is 36.7 Å². The lowest BCUT2D eigenvalue weighted by atomic mass is 9.78. The van der Waals surface area contributed by atoms with Gasteiger partial charge in [-0.15, -0.1) is 24.8 Å². The Hall–Kier alpha value is -1.67. The largest absolute Gasteiger partial charge is 0.368 e. The molecule has 0 radical (unpaired) electrons. The van der Waals surface area contributed by atoms with Crippen molar-refractivity contribution in [2.24, 2.45) is 5.73 Å². The maximum absolute atomic E-state index is 13.9. The zero-order valence-electron chi connectivity index (χ0n) is 16.3. The first-order valence-electron chi connectivity index (χ1n) is 9.69. The van der Waals surface area contributed by atoms with Crippen molar-refractivity contribution in [1.82, 2.24) is 14.9 Å². The third kappa shape index (κ3) is 5.69. The molecular weight excluding hydrogens is 414 g/mol. The molecule has 2 fully saturated rings. The number of aromatic nitrogens is 2. The molecule has 6 nitrogen and oxygen atoms in total. The Morgan fingerprint density at radius 3 is 2.52 bits per heavy atom. The Kier molecular flexibility index (Phi) is 8.46. The molecule has 0 spiro atoms. The number of nitrogens with zero attached hydrogens (tertiary/aromatic N) is 4. The fourth-order valence-corrected chi connectivity index (χ4v) is 3.97. The molecule has 0 unspecified atom stereocenters. The van der Waals surface area contributed by atoms with Crippen LogP contribution in [0.1, 0.15) is 36.4 Å². The van der Waals surface area contributed by atoms with Crippen LogP contribution >= 0.6 is 24.8 Å². The van der Waals surface area contributed by atoms with Gasteiger partial charge in [-0.05, 0) is 25.3 Å². The van der Waals surface area contributed by atoms with E-state index in [4.69, 9.17) is 11.5 Å². The van der Waals surface area contributed by atoms with Gasteiger partial charge in [0, 0.05) is 56.3 Å². The fourth-order valence-electron chi connectivity index (χ4n) is 3.97. The molecule has 0 amide bonds. The quantitative estimate of drug-likeness (QED) is 0.756. The monoisotopic (exact) mass is 442 g/mol. The van der Waals surface area contributed by atoms with E-state index in [0.717, 1.165) is 62.5 Å². The SMILES string of the molecule is Cl.Cl.Nc1nc(C2CC(N)C2)cc(N2CCCN(Cc3ccccc3F)CC2)n1. The first-order chi connectivity index (χ1) is 13.1. The average molecular weight is 443 g/mol. The van der Waals surface area contributed by atoms with E-state index < -0.39 is 0 Å². The molecule has 9 heteroatoms. The molecule has 2 heterocycles. The normalized spacial score (nSPS) is 22.1. The van der Waals surface area contributed by atoms with E-state index >= 15 is 0 Å². The smallest absolute Gasteiger partial charge is 0.222 e. The van der Waals surface area contributed by atoms with Crippen LogP contribution in [0.2, 0.25) is 0 Å². The number of nitrogens with two attached hydrogens (primary N) is 2. The van der Waals surface area contributed by atoms with Crippen molar-refractivity contribution in [3.05, 3.63) is 47.4 Å². The van der Waals surface area contributed by atoms with Crippen LogP contribution in [-0.2, 0) is 6.54 Å². The van der Waals surface area contributed by atoms with Crippen molar-refractivity contribution in [3.63, 3.8) is 0 Å². The number of anilines is 2. The van der Waals surface area contributed by atoms with Crippen LogP contribution in [0.4, 0.5) is 16.2 Å². The predicted molar refractivity (Wildman–Crippen MR) is 119 cm³/mol. The van der Waals surface area contributed by atoms with E-state index in [2.05, 4.69) is 25.8 Å². The van der Waals surface area contributed by atoms with Crippen molar-refractivity contribution in [2.75, 3.05) is 36.8 Å². The predicted octanol–water partition coefficient (Wildman–Crippen LogP) is 2.96. The summed E-state index contributed by atoms with van der Waals surface area (Å²) in [6.45, 7) is 4.19. The highest BCUT2D eigenvalue weighted by molar-refractivity contribution is 5.85. The molecule has 4 N–H and O–H groups in total. The minimum Gasteiger partial charge on any atom is -0.368 e. The average Bonchev–Trinajstić information content (AvgIpc) is 2.86. The van der Waals surface area contributed by atoms with Crippen LogP contribution in [0.5, 0.6) is 0 Å². The van der Waals surface area contributed by atoms with E-state index in [0.29, 0.717) is 18.4 Å². The second-order valence-corrected chi connectivity index (χ2v) is 7.65. The van der Waals surface area contributed by atoms with Crippen molar-refractivity contribution in [2.45, 2.75) is 37.8 Å². The summed E-state index contributed by atoms with van der Waals surface area (Å²) in [7, 11) is 0. The summed E-state index contributed by atoms with van der Waals surface area (Å²) in [5.74, 6) is 1.49. The second kappa shape index (κ2) is 10.4. The summed E-state index contributed by atoms with van der Waals surface area (Å²) in [4.78, 5) is 13.5. The van der Waals surface area contributed by atoms with Gasteiger partial charge in [0.1, 0.15) is 11.6 Å². The van der Waals surface area contributed by atoms with E-state index in [1.807, 2.05) is 12.1 Å². The van der Waals surface area contributed by atoms with Crippen molar-refractivity contribution < 1.29 is 4.39 Å². The van der Waals surface area contributed by atoms with Gasteiger partial charge in [-0.3, -0.25) is 4.90 Å². The molecule has 1 aliphatic heterocycles. The Labute approximate surface area is 183 Å². The maximum Gasteiger partial charge on any atom is 0.222 e. The molecule has 2 aliphatic rings. The lowest BCUT2D eigenvalue weighted by Gasteiger charge is -2.32. The summed E-state index contributed by atoms with van der Waals surface area (Å²) < 4.78 is 13.9. The molecule has 0 bridgehead atoms. The summed E-state index contributed by atoms with van der Waals surface area (Å²) in [5, 5.41) is 0. The Morgan fingerprint density at radius 1 is 1.03 bits per heavy atom. The number of hydrogen-bond donors (Lipinski definition) is 2. The van der Waals surface area contributed by atoms with Gasteiger partial charge in [-0.2, -0.15) is 4.98 Å². The molecule has 29 heavy (non-hydrogen) atoms. The molecule has 0 atom stereocenters. The van der Waals surface area contributed by atoms with Gasteiger partial charge in [-0.1, -0.05) is 18.2 Å². The minimum absolute atomic E-state index is 0. The molecule has 2 aromatic rings. The van der Waals surface area contributed by atoms with Gasteiger partial charge < -0.3 is 16.4 Å². The van der Waals surface area contributed by atoms with Crippen molar-refractivity contribution in [3.8, 4) is 0 Å². The highest BCUT2D eigenvalue weighted by Gasteiger charge is 2.29. The zero-order valence-corrected chi connectivity index (χ0v) is 18.0. The third-order valence-corrected chi connectivity index (χ3v) is 5.61. The Bertz CT molecular complexity index is 802. The molecule has 4 rings (SSSR count). The minimum atomic E-state index is -0.134. The van der Waals surface area contributed by atoms with Gasteiger partial charge >= 0.3 is 0 Å². The van der Waals surface area contributed by atoms with E-state index in [1.54, 1.807) is 6.07 Å². The fraction of sp³-hybridized carbons (Fsp3) is 0.500. The first kappa shape index (κ1) is 23.6. The topological polar surface area (TPSA) is 84.3 Å². The van der Waals surface area contributed by atoms with Gasteiger partial charge in [0.15, 0.2) is 0 Å². The molecule has 1 aliphatic carbocycles. The molecule has 1 aromatic heterocycles. The van der Waals surface area contributed by atoms with Gasteiger partial charge in [-0.25, -0.2) is 9.37 Å². The van der Waals surface area contributed by atoms with E-state index in [1.165, 1.54) is 6.07 Å². The van der Waals surface area contributed by atoms with Crippen molar-refractivity contribution >= 4 is 36.6 Å². The maximum atomic E-state index is 13.9. The highest BCUT2D eigenvalue weighted by Crippen LogP contribution is 2.36. The zero-order chi connectivity index (χ0) is 18.8. The second-order valence-electron chi connectivity index (χ2n) is 7.65. The number of hydrogen-bond acceptors (Lipinski definition) is 6. The first-order valence-corrected chi connectivity index (χ1v) is 9.69. The third-order valence-electron chi connectivity index (χ3n) is 5.61. The van der Waals surface area contributed by atoms with Crippen LogP contribution in [0.15, 0.2) is 30.3 Å². The molecule has 1 aromatic carbocycles. The number of nitrogen functional groups attached to an aromatic ring is 1. The van der Waals surface area contributed by atoms with Crippen LogP contribution < -0.4 is 16.4 Å². The standard InChI is InChI=1S/C20H27FN6.2ClH/c21-17-5-2-1-4-14(17)13-26-6-3-7-27(9-8-26)19-12-18(24-20(23)25-19)15-10-16(22)11-15;;/h1-2,4-5,12,15-16H,3,6-11,13,22H2,(H2,23,24,25);2*1H. The van der Waals surface area contributed by atoms with Gasteiger partial charge in [0.05, 0.1) is 5.69 Å². The van der Waals surface area contributed by atoms with Crippen LogP contribution in [-0.4, -0.2) is 47.1 Å². The summed E-state index contributed by atoms with van der Waals surface area (Å²) in [6.07, 6.45) is 2.93. The Morgan fingerprint density at radius 2 is 1.79 bits per heavy atom. The Balaban J connectivity index is 0.00000150. The number of benzene rings is 1. The van der Waals surface area contributed by atoms with Crippen molar-refractivity contribution in [1.29, 1.82) is 0 Å².